The topological polar surface area (TPSA) is 118 Å². The molecule has 0 amide bonds. The van der Waals surface area contributed by atoms with Crippen LogP contribution in [-0.4, -0.2) is 36.4 Å². The molecule has 3 aromatic heterocycles. The van der Waals surface area contributed by atoms with E-state index in [1.807, 2.05) is 28.9 Å². The van der Waals surface area contributed by atoms with E-state index in [1.54, 1.807) is 0 Å². The predicted molar refractivity (Wildman–Crippen MR) is 115 cm³/mol. The predicted octanol–water partition coefficient (Wildman–Crippen LogP) is 3.30. The fourth-order valence-electron chi connectivity index (χ4n) is 3.48. The molecule has 0 saturated carbocycles. The highest BCUT2D eigenvalue weighted by Gasteiger charge is 2.24. The molecule has 4 aromatic rings. The highest BCUT2D eigenvalue weighted by atomic mass is 16.3. The van der Waals surface area contributed by atoms with Crippen molar-refractivity contribution in [2.24, 2.45) is 0 Å². The molecule has 0 bridgehead atoms. The molecule has 0 spiro atoms. The summed E-state index contributed by atoms with van der Waals surface area (Å²) in [5.74, 6) is 0.409. The summed E-state index contributed by atoms with van der Waals surface area (Å²) in [6.45, 7) is 9.04. The van der Waals surface area contributed by atoms with Crippen molar-refractivity contribution in [2.75, 3.05) is 12.3 Å². The standard InChI is InChI=1S/C21H27N7O/c1-5-8-23-20(29)15-9-12-6-7-13(10-14(12)26-15)17-16-18(22)24-11-25-19(16)28(27-17)21(2,3)4/h6-7,9-11,20,23,26,29H,5,8H2,1-4H3,(H2,22,24,25). The van der Waals surface area contributed by atoms with Gasteiger partial charge >= 0.3 is 0 Å². The molecule has 1 unspecified atom stereocenters. The fourth-order valence-corrected chi connectivity index (χ4v) is 3.48. The SMILES string of the molecule is CCCNC(O)c1cc2ccc(-c3nn(C(C)(C)C)c4ncnc(N)c34)cc2[nH]1. The van der Waals surface area contributed by atoms with Gasteiger partial charge in [0.1, 0.15) is 24.1 Å². The quantitative estimate of drug-likeness (QED) is 0.386. The number of anilines is 1. The van der Waals surface area contributed by atoms with Crippen molar-refractivity contribution in [1.82, 2.24) is 30.0 Å². The average Bonchev–Trinajstić information content (AvgIpc) is 3.27. The lowest BCUT2D eigenvalue weighted by molar-refractivity contribution is 0.136. The van der Waals surface area contributed by atoms with Crippen LogP contribution in [0.2, 0.25) is 0 Å². The molecule has 0 radical (unpaired) electrons. The molecule has 1 atom stereocenters. The third kappa shape index (κ3) is 3.45. The Balaban J connectivity index is 1.84. The molecule has 3 heterocycles. The van der Waals surface area contributed by atoms with Crippen LogP contribution in [0, 0.1) is 0 Å². The second-order valence-electron chi connectivity index (χ2n) is 8.27. The van der Waals surface area contributed by atoms with Gasteiger partial charge in [0.2, 0.25) is 0 Å². The van der Waals surface area contributed by atoms with Crippen LogP contribution in [0.5, 0.6) is 0 Å². The molecular formula is C21H27N7O. The largest absolute Gasteiger partial charge is 0.383 e. The molecule has 29 heavy (non-hydrogen) atoms. The molecule has 152 valence electrons. The average molecular weight is 393 g/mol. The minimum atomic E-state index is -0.726. The number of hydrogen-bond donors (Lipinski definition) is 4. The van der Waals surface area contributed by atoms with E-state index in [1.165, 1.54) is 6.33 Å². The lowest BCUT2D eigenvalue weighted by Crippen LogP contribution is -2.23. The number of nitrogens with two attached hydrogens (primary N) is 1. The summed E-state index contributed by atoms with van der Waals surface area (Å²) in [5, 5.41) is 20.0. The van der Waals surface area contributed by atoms with Gasteiger partial charge in [-0.15, -0.1) is 0 Å². The number of H-pyrrole nitrogens is 1. The Labute approximate surface area is 169 Å². The van der Waals surface area contributed by atoms with Crippen molar-refractivity contribution < 1.29 is 5.11 Å². The molecule has 5 N–H and O–H groups in total. The van der Waals surface area contributed by atoms with Crippen molar-refractivity contribution in [3.63, 3.8) is 0 Å². The number of aliphatic hydroxyl groups excluding tert-OH is 1. The summed E-state index contributed by atoms with van der Waals surface area (Å²) >= 11 is 0. The van der Waals surface area contributed by atoms with E-state index in [-0.39, 0.29) is 5.54 Å². The summed E-state index contributed by atoms with van der Waals surface area (Å²) in [6, 6.07) is 7.99. The van der Waals surface area contributed by atoms with Crippen LogP contribution in [0.1, 0.15) is 46.0 Å². The summed E-state index contributed by atoms with van der Waals surface area (Å²) < 4.78 is 1.89. The molecule has 0 fully saturated rings. The zero-order chi connectivity index (χ0) is 20.8. The van der Waals surface area contributed by atoms with Gasteiger partial charge in [-0.2, -0.15) is 5.10 Å². The number of benzene rings is 1. The lowest BCUT2D eigenvalue weighted by atomic mass is 10.1. The normalized spacial score (nSPS) is 13.4. The maximum atomic E-state index is 10.3. The molecule has 0 aliphatic heterocycles. The Hall–Kier alpha value is -2.97. The number of aromatic amines is 1. The van der Waals surface area contributed by atoms with Crippen LogP contribution < -0.4 is 11.1 Å². The molecule has 0 aliphatic rings. The third-order valence-electron chi connectivity index (χ3n) is 4.93. The number of nitrogens with one attached hydrogen (secondary N) is 2. The highest BCUT2D eigenvalue weighted by molar-refractivity contribution is 6.00. The zero-order valence-corrected chi connectivity index (χ0v) is 17.2. The summed E-state index contributed by atoms with van der Waals surface area (Å²) in [5.41, 5.74) is 9.98. The van der Waals surface area contributed by atoms with Gasteiger partial charge in [-0.1, -0.05) is 19.1 Å². The minimum Gasteiger partial charge on any atom is -0.383 e. The molecule has 0 aliphatic carbocycles. The van der Waals surface area contributed by atoms with E-state index >= 15 is 0 Å². The monoisotopic (exact) mass is 393 g/mol. The smallest absolute Gasteiger partial charge is 0.164 e. The van der Waals surface area contributed by atoms with E-state index in [4.69, 9.17) is 10.8 Å². The third-order valence-corrected chi connectivity index (χ3v) is 4.93. The number of aliphatic hydroxyl groups is 1. The Morgan fingerprint density at radius 3 is 2.76 bits per heavy atom. The summed E-state index contributed by atoms with van der Waals surface area (Å²) in [7, 11) is 0. The number of aromatic nitrogens is 5. The lowest BCUT2D eigenvalue weighted by Gasteiger charge is -2.19. The molecule has 8 nitrogen and oxygen atoms in total. The number of fused-ring (bicyclic) bond motifs is 2. The van der Waals surface area contributed by atoms with Crippen LogP contribution in [0.25, 0.3) is 33.2 Å². The van der Waals surface area contributed by atoms with Crippen molar-refractivity contribution in [2.45, 2.75) is 45.9 Å². The van der Waals surface area contributed by atoms with Gasteiger partial charge in [0.25, 0.3) is 0 Å². The second kappa shape index (κ2) is 7.13. The van der Waals surface area contributed by atoms with E-state index < -0.39 is 6.23 Å². The van der Waals surface area contributed by atoms with E-state index in [2.05, 4.69) is 48.0 Å². The summed E-state index contributed by atoms with van der Waals surface area (Å²) in [6.07, 6.45) is 1.70. The highest BCUT2D eigenvalue weighted by Crippen LogP contribution is 2.34. The Morgan fingerprint density at radius 1 is 1.24 bits per heavy atom. The molecular weight excluding hydrogens is 366 g/mol. The molecule has 1 aromatic carbocycles. The van der Waals surface area contributed by atoms with Crippen molar-refractivity contribution in [3.05, 3.63) is 36.3 Å². The second-order valence-corrected chi connectivity index (χ2v) is 8.27. The number of hydrogen-bond acceptors (Lipinski definition) is 6. The van der Waals surface area contributed by atoms with Crippen molar-refractivity contribution in [1.29, 1.82) is 0 Å². The first-order valence-electron chi connectivity index (χ1n) is 9.83. The fraction of sp³-hybridized carbons (Fsp3) is 0.381. The van der Waals surface area contributed by atoms with Gasteiger partial charge in [0, 0.05) is 11.1 Å². The molecule has 0 saturated heterocycles. The van der Waals surface area contributed by atoms with Gasteiger partial charge in [-0.3, -0.25) is 5.32 Å². The minimum absolute atomic E-state index is 0.254. The maximum Gasteiger partial charge on any atom is 0.164 e. The van der Waals surface area contributed by atoms with E-state index in [9.17, 15) is 5.11 Å². The maximum absolute atomic E-state index is 10.3. The number of rotatable bonds is 5. The van der Waals surface area contributed by atoms with Crippen LogP contribution >= 0.6 is 0 Å². The van der Waals surface area contributed by atoms with E-state index in [0.29, 0.717) is 11.5 Å². The summed E-state index contributed by atoms with van der Waals surface area (Å²) in [4.78, 5) is 11.9. The van der Waals surface area contributed by atoms with Gasteiger partial charge in [0.15, 0.2) is 5.65 Å². The van der Waals surface area contributed by atoms with Crippen LogP contribution in [0.3, 0.4) is 0 Å². The Bertz CT molecular complexity index is 1170. The van der Waals surface area contributed by atoms with Crippen LogP contribution in [-0.2, 0) is 5.54 Å². The van der Waals surface area contributed by atoms with E-state index in [0.717, 1.165) is 46.2 Å². The van der Waals surface area contributed by atoms with Crippen molar-refractivity contribution >= 4 is 27.8 Å². The van der Waals surface area contributed by atoms with Gasteiger partial charge < -0.3 is 15.8 Å². The van der Waals surface area contributed by atoms with Crippen LogP contribution in [0.4, 0.5) is 5.82 Å². The van der Waals surface area contributed by atoms with Crippen molar-refractivity contribution in [3.8, 4) is 11.3 Å². The Morgan fingerprint density at radius 2 is 2.03 bits per heavy atom. The first-order valence-corrected chi connectivity index (χ1v) is 9.83. The van der Waals surface area contributed by atoms with Gasteiger partial charge in [-0.25, -0.2) is 14.6 Å². The van der Waals surface area contributed by atoms with Gasteiger partial charge in [0.05, 0.1) is 16.6 Å². The molecule has 8 heteroatoms. The Kier molecular flexibility index (Phi) is 4.76. The first-order chi connectivity index (χ1) is 13.8. The zero-order valence-electron chi connectivity index (χ0n) is 17.2. The number of nitrogens with zero attached hydrogens (tertiary/aromatic N) is 4. The molecule has 4 rings (SSSR count). The van der Waals surface area contributed by atoms with Crippen LogP contribution in [0.15, 0.2) is 30.6 Å². The van der Waals surface area contributed by atoms with Gasteiger partial charge in [-0.05, 0) is 51.3 Å². The number of nitrogen functional groups attached to an aromatic ring is 1. The first kappa shape index (κ1) is 19.4.